The first kappa shape index (κ1) is 13.5. The van der Waals surface area contributed by atoms with Crippen LogP contribution in [0.5, 0.6) is 0 Å². The van der Waals surface area contributed by atoms with Crippen LogP contribution in [0.25, 0.3) is 0 Å². The number of ether oxygens (including phenoxy) is 1. The van der Waals surface area contributed by atoms with Crippen LogP contribution in [0.15, 0.2) is 30.3 Å². The summed E-state index contributed by atoms with van der Waals surface area (Å²) in [7, 11) is 1.77. The average molecular weight is 248 g/mol. The Bertz CT molecular complexity index is 349. The van der Waals surface area contributed by atoms with Gasteiger partial charge in [-0.15, -0.1) is 0 Å². The summed E-state index contributed by atoms with van der Waals surface area (Å²) in [4.78, 5) is 0. The number of hydrogen-bond acceptors (Lipinski definition) is 3. The lowest BCUT2D eigenvalue weighted by molar-refractivity contribution is 0.171. The van der Waals surface area contributed by atoms with Gasteiger partial charge in [0.15, 0.2) is 0 Å². The van der Waals surface area contributed by atoms with Crippen molar-refractivity contribution in [3.05, 3.63) is 35.9 Å². The van der Waals surface area contributed by atoms with E-state index in [4.69, 9.17) is 10.5 Å². The smallest absolute Gasteiger partial charge is 0.0468 e. The minimum absolute atomic E-state index is 0.0874. The Labute approximate surface area is 110 Å². The van der Waals surface area contributed by atoms with Crippen LogP contribution in [-0.2, 0) is 4.74 Å². The van der Waals surface area contributed by atoms with E-state index in [9.17, 15) is 0 Å². The lowest BCUT2D eigenvalue weighted by Crippen LogP contribution is -2.32. The Kier molecular flexibility index (Phi) is 4.75. The largest absolute Gasteiger partial charge is 0.385 e. The zero-order chi connectivity index (χ0) is 12.8. The molecule has 0 heterocycles. The van der Waals surface area contributed by atoms with Gasteiger partial charge in [0.2, 0.25) is 0 Å². The van der Waals surface area contributed by atoms with E-state index in [0.29, 0.717) is 5.41 Å². The first-order valence-corrected chi connectivity index (χ1v) is 6.76. The maximum Gasteiger partial charge on any atom is 0.0468 e. The molecule has 1 aromatic carbocycles. The van der Waals surface area contributed by atoms with Gasteiger partial charge >= 0.3 is 0 Å². The van der Waals surface area contributed by atoms with Crippen LogP contribution >= 0.6 is 0 Å². The fourth-order valence-corrected chi connectivity index (χ4v) is 2.32. The second-order valence-corrected chi connectivity index (χ2v) is 5.39. The van der Waals surface area contributed by atoms with E-state index in [0.717, 1.165) is 26.1 Å². The molecule has 100 valence electrons. The summed E-state index contributed by atoms with van der Waals surface area (Å²) in [6.07, 6.45) is 3.81. The fourth-order valence-electron chi connectivity index (χ4n) is 2.32. The molecule has 1 fully saturated rings. The summed E-state index contributed by atoms with van der Waals surface area (Å²) < 4.78 is 5.16. The molecule has 1 atom stereocenters. The zero-order valence-electron chi connectivity index (χ0n) is 11.2. The second kappa shape index (κ2) is 6.32. The van der Waals surface area contributed by atoms with Gasteiger partial charge in [-0.05, 0) is 30.2 Å². The van der Waals surface area contributed by atoms with Gasteiger partial charge in [-0.3, -0.25) is 0 Å². The van der Waals surface area contributed by atoms with Crippen molar-refractivity contribution in [3.8, 4) is 0 Å². The van der Waals surface area contributed by atoms with Crippen molar-refractivity contribution in [2.45, 2.75) is 25.3 Å². The summed E-state index contributed by atoms with van der Waals surface area (Å²) in [5, 5.41) is 3.51. The van der Waals surface area contributed by atoms with Crippen molar-refractivity contribution in [1.29, 1.82) is 0 Å². The van der Waals surface area contributed by atoms with E-state index < -0.39 is 0 Å². The van der Waals surface area contributed by atoms with Crippen molar-refractivity contribution in [3.63, 3.8) is 0 Å². The number of methoxy groups -OCH3 is 1. The number of benzene rings is 1. The zero-order valence-corrected chi connectivity index (χ0v) is 11.2. The van der Waals surface area contributed by atoms with Crippen molar-refractivity contribution in [2.75, 3.05) is 26.8 Å². The molecule has 3 nitrogen and oxygen atoms in total. The van der Waals surface area contributed by atoms with Crippen LogP contribution in [0.2, 0.25) is 0 Å². The van der Waals surface area contributed by atoms with E-state index in [2.05, 4.69) is 17.4 Å². The van der Waals surface area contributed by atoms with E-state index in [1.54, 1.807) is 7.11 Å². The predicted octanol–water partition coefficient (Wildman–Crippen LogP) is 2.09. The normalized spacial score (nSPS) is 18.6. The van der Waals surface area contributed by atoms with E-state index in [1.807, 2.05) is 18.2 Å². The van der Waals surface area contributed by atoms with Gasteiger partial charge in [0, 0.05) is 32.8 Å². The van der Waals surface area contributed by atoms with Gasteiger partial charge in [-0.25, -0.2) is 0 Å². The number of nitrogens with one attached hydrogen (secondary N) is 1. The Morgan fingerprint density at radius 3 is 2.67 bits per heavy atom. The molecule has 1 aliphatic rings. The number of rotatable bonds is 8. The van der Waals surface area contributed by atoms with E-state index >= 15 is 0 Å². The summed E-state index contributed by atoms with van der Waals surface area (Å²) in [6.45, 7) is 2.78. The Morgan fingerprint density at radius 2 is 2.06 bits per heavy atom. The third-order valence-electron chi connectivity index (χ3n) is 3.89. The van der Waals surface area contributed by atoms with Crippen LogP contribution in [0.1, 0.15) is 30.9 Å². The lowest BCUT2D eigenvalue weighted by atomic mass is 10.0. The minimum atomic E-state index is 0.0874. The maximum atomic E-state index is 6.16. The van der Waals surface area contributed by atoms with Crippen molar-refractivity contribution in [1.82, 2.24) is 5.32 Å². The van der Waals surface area contributed by atoms with Gasteiger partial charge < -0.3 is 15.8 Å². The first-order valence-electron chi connectivity index (χ1n) is 6.76. The first-order chi connectivity index (χ1) is 8.76. The van der Waals surface area contributed by atoms with Crippen LogP contribution in [0.3, 0.4) is 0 Å². The molecule has 0 amide bonds. The fraction of sp³-hybridized carbons (Fsp3) is 0.600. The standard InChI is InChI=1S/C15H24N2O/c1-18-10-9-15(7-8-15)12-17-11-14(16)13-5-3-2-4-6-13/h2-6,14,17H,7-12,16H2,1H3/t14-/m0/s1. The van der Waals surface area contributed by atoms with Crippen LogP contribution in [0, 0.1) is 5.41 Å². The predicted molar refractivity (Wildman–Crippen MR) is 74.4 cm³/mol. The summed E-state index contributed by atoms with van der Waals surface area (Å²) >= 11 is 0. The molecule has 0 aliphatic heterocycles. The van der Waals surface area contributed by atoms with Gasteiger partial charge in [0.1, 0.15) is 0 Å². The van der Waals surface area contributed by atoms with Crippen molar-refractivity contribution in [2.24, 2.45) is 11.1 Å². The SMILES string of the molecule is COCCC1(CNC[C@H](N)c2ccccc2)CC1. The quantitative estimate of drug-likeness (QED) is 0.740. The minimum Gasteiger partial charge on any atom is -0.385 e. The summed E-state index contributed by atoms with van der Waals surface area (Å²) in [5.41, 5.74) is 7.85. The molecule has 3 N–H and O–H groups in total. The third kappa shape index (κ3) is 3.80. The molecule has 0 aromatic heterocycles. The van der Waals surface area contributed by atoms with Crippen molar-refractivity contribution < 1.29 is 4.74 Å². The molecule has 1 aromatic rings. The van der Waals surface area contributed by atoms with Gasteiger partial charge in [-0.2, -0.15) is 0 Å². The molecular weight excluding hydrogens is 224 g/mol. The van der Waals surface area contributed by atoms with Gasteiger partial charge in [0.05, 0.1) is 0 Å². The molecule has 0 saturated heterocycles. The van der Waals surface area contributed by atoms with E-state index in [1.165, 1.54) is 18.4 Å². The Morgan fingerprint density at radius 1 is 1.33 bits per heavy atom. The van der Waals surface area contributed by atoms with Crippen molar-refractivity contribution >= 4 is 0 Å². The molecule has 0 bridgehead atoms. The Balaban J connectivity index is 1.69. The lowest BCUT2D eigenvalue weighted by Gasteiger charge is -2.18. The molecule has 0 spiro atoms. The molecule has 18 heavy (non-hydrogen) atoms. The molecule has 1 saturated carbocycles. The average Bonchev–Trinajstić information content (AvgIpc) is 3.18. The highest BCUT2D eigenvalue weighted by Gasteiger charge is 2.41. The summed E-state index contributed by atoms with van der Waals surface area (Å²) in [6, 6.07) is 10.4. The van der Waals surface area contributed by atoms with Crippen LogP contribution < -0.4 is 11.1 Å². The second-order valence-electron chi connectivity index (χ2n) is 5.39. The molecule has 3 heteroatoms. The van der Waals surface area contributed by atoms with Gasteiger partial charge in [-0.1, -0.05) is 30.3 Å². The number of hydrogen-bond donors (Lipinski definition) is 2. The van der Waals surface area contributed by atoms with E-state index in [-0.39, 0.29) is 6.04 Å². The molecule has 0 unspecified atom stereocenters. The topological polar surface area (TPSA) is 47.3 Å². The molecule has 1 aliphatic carbocycles. The molecular formula is C15H24N2O. The summed E-state index contributed by atoms with van der Waals surface area (Å²) in [5.74, 6) is 0. The highest BCUT2D eigenvalue weighted by atomic mass is 16.5. The van der Waals surface area contributed by atoms with Gasteiger partial charge in [0.25, 0.3) is 0 Å². The monoisotopic (exact) mass is 248 g/mol. The molecule has 0 radical (unpaired) electrons. The third-order valence-corrected chi connectivity index (χ3v) is 3.89. The molecule has 2 rings (SSSR count). The highest BCUT2D eigenvalue weighted by Crippen LogP contribution is 2.48. The highest BCUT2D eigenvalue weighted by molar-refractivity contribution is 5.18. The van der Waals surface area contributed by atoms with Crippen LogP contribution in [0.4, 0.5) is 0 Å². The maximum absolute atomic E-state index is 6.16. The van der Waals surface area contributed by atoms with Crippen LogP contribution in [-0.4, -0.2) is 26.8 Å². The Hall–Kier alpha value is -0.900. The number of nitrogens with two attached hydrogens (primary N) is 1.